The number of benzene rings is 1. The van der Waals surface area contributed by atoms with E-state index in [1.54, 1.807) is 54.3 Å². The number of para-hydroxylation sites is 1. The normalized spacial score (nSPS) is 34.4. The minimum Gasteiger partial charge on any atom is -0.461 e. The van der Waals surface area contributed by atoms with Crippen LogP contribution in [0.2, 0.25) is 5.02 Å². The predicted octanol–water partition coefficient (Wildman–Crippen LogP) is 2.10. The van der Waals surface area contributed by atoms with Crippen molar-refractivity contribution in [1.82, 2.24) is 4.90 Å². The van der Waals surface area contributed by atoms with E-state index in [9.17, 15) is 19.5 Å². The van der Waals surface area contributed by atoms with Crippen LogP contribution in [-0.4, -0.2) is 71.3 Å². The summed E-state index contributed by atoms with van der Waals surface area (Å²) in [4.78, 5) is 44.1. The van der Waals surface area contributed by atoms with Crippen LogP contribution < -0.4 is 4.90 Å². The zero-order valence-corrected chi connectivity index (χ0v) is 19.6. The first kappa shape index (κ1) is 23.1. The molecule has 1 N–H and O–H groups in total. The molecule has 8 nitrogen and oxygen atoms in total. The van der Waals surface area contributed by atoms with E-state index in [0.29, 0.717) is 23.6 Å². The van der Waals surface area contributed by atoms with Crippen molar-refractivity contribution in [3.63, 3.8) is 0 Å². The molecule has 2 saturated heterocycles. The molecule has 4 heterocycles. The highest BCUT2D eigenvalue weighted by molar-refractivity contribution is 6.34. The SMILES string of the molecule is C[C@@]12C=CCOC(=O)[C@@H]1[C@H]1C(=O)N(CCCCO)C3C(=O)N(c4ccccc4Cl)CC=C[C@@]31O2. The van der Waals surface area contributed by atoms with Crippen molar-refractivity contribution in [3.05, 3.63) is 53.6 Å². The van der Waals surface area contributed by atoms with Crippen LogP contribution >= 0.6 is 11.6 Å². The fourth-order valence-corrected chi connectivity index (χ4v) is 6.11. The third-order valence-corrected chi connectivity index (χ3v) is 7.58. The van der Waals surface area contributed by atoms with Crippen LogP contribution in [-0.2, 0) is 23.9 Å². The van der Waals surface area contributed by atoms with Gasteiger partial charge in [-0.25, -0.2) is 0 Å². The average Bonchev–Trinajstić information content (AvgIpc) is 3.05. The number of unbranched alkanes of at least 4 members (excludes halogenated alkanes) is 1. The van der Waals surface area contributed by atoms with Gasteiger partial charge in [-0.1, -0.05) is 42.0 Å². The van der Waals surface area contributed by atoms with Crippen molar-refractivity contribution < 1.29 is 29.0 Å². The van der Waals surface area contributed by atoms with Crippen LogP contribution in [0.4, 0.5) is 5.69 Å². The first-order valence-electron chi connectivity index (χ1n) is 11.5. The number of ether oxygens (including phenoxy) is 2. The number of amides is 2. The van der Waals surface area contributed by atoms with Crippen molar-refractivity contribution in [2.75, 3.05) is 31.2 Å². The van der Waals surface area contributed by atoms with E-state index in [2.05, 4.69) is 0 Å². The molecule has 180 valence electrons. The fraction of sp³-hybridized carbons (Fsp3) is 0.480. The number of anilines is 1. The quantitative estimate of drug-likeness (QED) is 0.389. The van der Waals surface area contributed by atoms with Crippen LogP contribution in [0.25, 0.3) is 0 Å². The van der Waals surface area contributed by atoms with Gasteiger partial charge in [0.15, 0.2) is 0 Å². The van der Waals surface area contributed by atoms with Gasteiger partial charge in [-0.15, -0.1) is 0 Å². The molecule has 4 aliphatic rings. The number of hydrogen-bond acceptors (Lipinski definition) is 6. The Morgan fingerprint density at radius 2 is 1.88 bits per heavy atom. The Bertz CT molecular complexity index is 1090. The average molecular weight is 487 g/mol. The van der Waals surface area contributed by atoms with Gasteiger partial charge in [0.05, 0.1) is 22.2 Å². The van der Waals surface area contributed by atoms with Gasteiger partial charge in [0.25, 0.3) is 5.91 Å². The van der Waals surface area contributed by atoms with E-state index < -0.39 is 35.0 Å². The molecule has 1 aromatic rings. The van der Waals surface area contributed by atoms with E-state index in [-0.39, 0.29) is 38.1 Å². The van der Waals surface area contributed by atoms with Crippen LogP contribution in [0.1, 0.15) is 19.8 Å². The minimum atomic E-state index is -1.33. The van der Waals surface area contributed by atoms with Gasteiger partial charge < -0.3 is 24.4 Å². The van der Waals surface area contributed by atoms with Crippen LogP contribution in [0.15, 0.2) is 48.6 Å². The van der Waals surface area contributed by atoms with Crippen LogP contribution in [0, 0.1) is 11.8 Å². The zero-order chi connectivity index (χ0) is 24.1. The standard InChI is InChI=1S/C25H27ClN2O6/c1-24-10-7-15-33-23(32)19(24)18-21(30)28(12-4-5-14-29)20-22(31)27(13-6-11-25(18,20)34-24)17-9-3-2-8-16(17)26/h2-3,6-11,18-20,29H,4-5,12-15H2,1H3/t18-,19-,20?,24+,25-/m0/s1. The number of fused-ring (bicyclic) bond motifs is 2. The van der Waals surface area contributed by atoms with E-state index in [0.717, 1.165) is 0 Å². The van der Waals surface area contributed by atoms with E-state index in [4.69, 9.17) is 21.1 Å². The lowest BCUT2D eigenvalue weighted by Gasteiger charge is -2.37. The molecular formula is C25H27ClN2O6. The van der Waals surface area contributed by atoms with Crippen molar-refractivity contribution in [2.45, 2.75) is 37.0 Å². The maximum atomic E-state index is 14.1. The van der Waals surface area contributed by atoms with Crippen molar-refractivity contribution >= 4 is 35.1 Å². The Morgan fingerprint density at radius 1 is 1.09 bits per heavy atom. The molecule has 9 heteroatoms. The summed E-state index contributed by atoms with van der Waals surface area (Å²) in [5.41, 5.74) is -1.88. The van der Waals surface area contributed by atoms with E-state index in [1.165, 1.54) is 4.90 Å². The number of cyclic esters (lactones) is 1. The predicted molar refractivity (Wildman–Crippen MR) is 124 cm³/mol. The lowest BCUT2D eigenvalue weighted by Crippen LogP contribution is -2.56. The molecule has 4 aliphatic heterocycles. The Hall–Kier alpha value is -2.68. The van der Waals surface area contributed by atoms with E-state index >= 15 is 0 Å². The largest absolute Gasteiger partial charge is 0.461 e. The molecule has 2 amide bonds. The number of nitrogens with zero attached hydrogens (tertiary/aromatic N) is 2. The molecular weight excluding hydrogens is 460 g/mol. The number of hydrogen-bond donors (Lipinski definition) is 1. The molecule has 1 spiro atoms. The Labute approximate surface area is 202 Å². The molecule has 34 heavy (non-hydrogen) atoms. The minimum absolute atomic E-state index is 0.0187. The molecule has 0 bridgehead atoms. The number of aliphatic hydroxyl groups is 1. The summed E-state index contributed by atoms with van der Waals surface area (Å²) < 4.78 is 12.0. The Balaban J connectivity index is 1.63. The third kappa shape index (κ3) is 3.31. The molecule has 5 rings (SSSR count). The summed E-state index contributed by atoms with van der Waals surface area (Å²) >= 11 is 6.43. The van der Waals surface area contributed by atoms with Crippen LogP contribution in [0.5, 0.6) is 0 Å². The number of likely N-dealkylation sites (tertiary alicyclic amines) is 1. The number of carbonyl (C=O) groups is 3. The topological polar surface area (TPSA) is 96.4 Å². The highest BCUT2D eigenvalue weighted by Crippen LogP contribution is 2.57. The van der Waals surface area contributed by atoms with Gasteiger partial charge in [-0.05, 0) is 38.0 Å². The second-order valence-corrected chi connectivity index (χ2v) is 9.70. The summed E-state index contributed by atoms with van der Waals surface area (Å²) in [5, 5.41) is 9.69. The Morgan fingerprint density at radius 3 is 2.65 bits per heavy atom. The van der Waals surface area contributed by atoms with E-state index in [1.807, 2.05) is 6.08 Å². The van der Waals surface area contributed by atoms with Gasteiger partial charge in [0, 0.05) is 19.7 Å². The molecule has 0 saturated carbocycles. The molecule has 0 radical (unpaired) electrons. The number of aliphatic hydroxyl groups excluding tert-OH is 1. The zero-order valence-electron chi connectivity index (χ0n) is 18.9. The molecule has 0 aromatic heterocycles. The van der Waals surface area contributed by atoms with Crippen molar-refractivity contribution in [1.29, 1.82) is 0 Å². The van der Waals surface area contributed by atoms with Gasteiger partial charge >= 0.3 is 5.97 Å². The summed E-state index contributed by atoms with van der Waals surface area (Å²) in [6.45, 7) is 2.37. The number of rotatable bonds is 5. The highest BCUT2D eigenvalue weighted by atomic mass is 35.5. The van der Waals surface area contributed by atoms with Gasteiger partial charge in [0.2, 0.25) is 5.91 Å². The lowest BCUT2D eigenvalue weighted by atomic mass is 9.75. The smallest absolute Gasteiger partial charge is 0.313 e. The van der Waals surface area contributed by atoms with Gasteiger partial charge in [0.1, 0.15) is 24.2 Å². The number of esters is 1. The van der Waals surface area contributed by atoms with Gasteiger partial charge in [-0.3, -0.25) is 14.4 Å². The molecule has 0 aliphatic carbocycles. The first-order chi connectivity index (χ1) is 16.3. The molecule has 1 unspecified atom stereocenters. The number of carbonyl (C=O) groups excluding carboxylic acids is 3. The summed E-state index contributed by atoms with van der Waals surface area (Å²) in [5.74, 6) is -2.93. The third-order valence-electron chi connectivity index (χ3n) is 7.26. The second kappa shape index (κ2) is 8.52. The first-order valence-corrected chi connectivity index (χ1v) is 11.9. The fourth-order valence-electron chi connectivity index (χ4n) is 5.88. The highest BCUT2D eigenvalue weighted by Gasteiger charge is 2.74. The number of halogens is 1. The summed E-state index contributed by atoms with van der Waals surface area (Å²) in [7, 11) is 0. The van der Waals surface area contributed by atoms with Crippen molar-refractivity contribution in [2.24, 2.45) is 11.8 Å². The maximum absolute atomic E-state index is 14.1. The monoisotopic (exact) mass is 486 g/mol. The van der Waals surface area contributed by atoms with Gasteiger partial charge in [-0.2, -0.15) is 0 Å². The molecule has 5 atom stereocenters. The summed E-state index contributed by atoms with van der Waals surface area (Å²) in [6, 6.07) is 6.07. The molecule has 1 aromatic carbocycles. The second-order valence-electron chi connectivity index (χ2n) is 9.29. The molecule has 2 fully saturated rings. The maximum Gasteiger partial charge on any atom is 0.313 e. The lowest BCUT2D eigenvalue weighted by molar-refractivity contribution is -0.156. The summed E-state index contributed by atoms with van der Waals surface area (Å²) in [6.07, 6.45) is 8.07. The van der Waals surface area contributed by atoms with Crippen molar-refractivity contribution in [3.8, 4) is 0 Å². The Kier molecular flexibility index (Phi) is 5.78. The van der Waals surface area contributed by atoms with Crippen LogP contribution in [0.3, 0.4) is 0 Å².